The van der Waals surface area contributed by atoms with Gasteiger partial charge < -0.3 is 13.9 Å². The number of hydrogen-bond donors (Lipinski definition) is 0. The summed E-state index contributed by atoms with van der Waals surface area (Å²) in [6, 6.07) is 6.98. The standard InChI is InChI=1S/C13H12ClNO4/c1-17-8-18-7-11-12(6-16)19-13(15-11)9-2-4-10(14)5-3-9/h2-6H,7-8H2,1H3. The van der Waals surface area contributed by atoms with Crippen molar-refractivity contribution in [3.05, 3.63) is 40.7 Å². The highest BCUT2D eigenvalue weighted by atomic mass is 35.5. The molecule has 0 saturated heterocycles. The Morgan fingerprint density at radius 2 is 2.11 bits per heavy atom. The van der Waals surface area contributed by atoms with E-state index in [4.69, 9.17) is 25.5 Å². The van der Waals surface area contributed by atoms with Gasteiger partial charge in [-0.25, -0.2) is 4.98 Å². The Labute approximate surface area is 115 Å². The van der Waals surface area contributed by atoms with Crippen LogP contribution in [0.3, 0.4) is 0 Å². The Morgan fingerprint density at radius 1 is 1.37 bits per heavy atom. The van der Waals surface area contributed by atoms with Crippen molar-refractivity contribution in [1.82, 2.24) is 4.98 Å². The van der Waals surface area contributed by atoms with E-state index >= 15 is 0 Å². The molecule has 0 aliphatic carbocycles. The van der Waals surface area contributed by atoms with E-state index in [2.05, 4.69) is 4.98 Å². The summed E-state index contributed by atoms with van der Waals surface area (Å²) in [5.41, 5.74) is 1.18. The monoisotopic (exact) mass is 281 g/mol. The van der Waals surface area contributed by atoms with Crippen LogP contribution in [0.5, 0.6) is 0 Å². The minimum absolute atomic E-state index is 0.126. The molecule has 19 heavy (non-hydrogen) atoms. The maximum absolute atomic E-state index is 10.9. The molecular formula is C13H12ClNO4. The number of aromatic nitrogens is 1. The molecule has 0 saturated carbocycles. The van der Waals surface area contributed by atoms with Crippen molar-refractivity contribution in [2.75, 3.05) is 13.9 Å². The van der Waals surface area contributed by atoms with Crippen LogP contribution in [-0.4, -0.2) is 25.2 Å². The van der Waals surface area contributed by atoms with Gasteiger partial charge in [0.1, 0.15) is 12.5 Å². The smallest absolute Gasteiger partial charge is 0.227 e. The lowest BCUT2D eigenvalue weighted by molar-refractivity contribution is -0.0402. The zero-order chi connectivity index (χ0) is 13.7. The van der Waals surface area contributed by atoms with Crippen LogP contribution >= 0.6 is 11.6 Å². The molecule has 0 bridgehead atoms. The number of nitrogens with zero attached hydrogens (tertiary/aromatic N) is 1. The topological polar surface area (TPSA) is 61.6 Å². The van der Waals surface area contributed by atoms with Gasteiger partial charge in [-0.2, -0.15) is 0 Å². The van der Waals surface area contributed by atoms with Gasteiger partial charge in [0.25, 0.3) is 0 Å². The zero-order valence-corrected chi connectivity index (χ0v) is 11.0. The Hall–Kier alpha value is -1.69. The van der Waals surface area contributed by atoms with Gasteiger partial charge in [-0.05, 0) is 24.3 Å². The number of oxazole rings is 1. The predicted molar refractivity (Wildman–Crippen MR) is 69.0 cm³/mol. The molecule has 2 aromatic rings. The highest BCUT2D eigenvalue weighted by Gasteiger charge is 2.14. The second-order valence-electron chi connectivity index (χ2n) is 3.71. The van der Waals surface area contributed by atoms with Crippen LogP contribution in [0.15, 0.2) is 28.7 Å². The first-order valence-electron chi connectivity index (χ1n) is 5.52. The molecule has 0 fully saturated rings. The fourth-order valence-electron chi connectivity index (χ4n) is 1.50. The number of methoxy groups -OCH3 is 1. The van der Waals surface area contributed by atoms with Gasteiger partial charge in [-0.3, -0.25) is 4.79 Å². The Balaban J connectivity index is 2.22. The third-order valence-corrected chi connectivity index (χ3v) is 2.62. The number of rotatable bonds is 6. The predicted octanol–water partition coefficient (Wildman–Crippen LogP) is 2.93. The van der Waals surface area contributed by atoms with Crippen molar-refractivity contribution < 1.29 is 18.7 Å². The van der Waals surface area contributed by atoms with E-state index in [9.17, 15) is 4.79 Å². The maximum Gasteiger partial charge on any atom is 0.227 e. The van der Waals surface area contributed by atoms with E-state index in [0.717, 1.165) is 5.56 Å². The van der Waals surface area contributed by atoms with E-state index in [1.54, 1.807) is 24.3 Å². The molecule has 100 valence electrons. The first-order valence-corrected chi connectivity index (χ1v) is 5.90. The van der Waals surface area contributed by atoms with Gasteiger partial charge in [0.15, 0.2) is 12.0 Å². The molecule has 0 amide bonds. The zero-order valence-electron chi connectivity index (χ0n) is 10.3. The van der Waals surface area contributed by atoms with Crippen molar-refractivity contribution in [1.29, 1.82) is 0 Å². The van der Waals surface area contributed by atoms with E-state index in [0.29, 0.717) is 22.9 Å². The third-order valence-electron chi connectivity index (χ3n) is 2.37. The number of halogens is 1. The fourth-order valence-corrected chi connectivity index (χ4v) is 1.62. The molecule has 5 nitrogen and oxygen atoms in total. The summed E-state index contributed by atoms with van der Waals surface area (Å²) in [5.74, 6) is 0.510. The van der Waals surface area contributed by atoms with Crippen molar-refractivity contribution in [3.63, 3.8) is 0 Å². The van der Waals surface area contributed by atoms with Crippen molar-refractivity contribution in [3.8, 4) is 11.5 Å². The molecule has 0 radical (unpaired) electrons. The molecule has 0 unspecified atom stereocenters. The van der Waals surface area contributed by atoms with Crippen LogP contribution in [0.4, 0.5) is 0 Å². The lowest BCUT2D eigenvalue weighted by Gasteiger charge is -1.98. The molecule has 0 spiro atoms. The molecule has 0 aliphatic heterocycles. The van der Waals surface area contributed by atoms with E-state index < -0.39 is 0 Å². The van der Waals surface area contributed by atoms with Gasteiger partial charge in [-0.15, -0.1) is 0 Å². The lowest BCUT2D eigenvalue weighted by atomic mass is 10.2. The van der Waals surface area contributed by atoms with Crippen LogP contribution in [0.2, 0.25) is 5.02 Å². The molecule has 2 rings (SSSR count). The molecule has 1 aromatic carbocycles. The Morgan fingerprint density at radius 3 is 2.74 bits per heavy atom. The average Bonchev–Trinajstić information content (AvgIpc) is 2.83. The highest BCUT2D eigenvalue weighted by molar-refractivity contribution is 6.30. The van der Waals surface area contributed by atoms with Gasteiger partial charge in [-0.1, -0.05) is 11.6 Å². The maximum atomic E-state index is 10.9. The first kappa shape index (κ1) is 13.7. The van der Waals surface area contributed by atoms with Crippen molar-refractivity contribution >= 4 is 17.9 Å². The van der Waals surface area contributed by atoms with E-state index in [-0.39, 0.29) is 19.2 Å². The van der Waals surface area contributed by atoms with Crippen LogP contribution in [-0.2, 0) is 16.1 Å². The van der Waals surface area contributed by atoms with Gasteiger partial charge >= 0.3 is 0 Å². The molecule has 0 N–H and O–H groups in total. The number of aldehydes is 1. The third kappa shape index (κ3) is 3.41. The minimum Gasteiger partial charge on any atom is -0.433 e. The summed E-state index contributed by atoms with van der Waals surface area (Å²) >= 11 is 5.81. The number of hydrogen-bond acceptors (Lipinski definition) is 5. The van der Waals surface area contributed by atoms with Crippen LogP contribution in [0.1, 0.15) is 16.2 Å². The molecule has 1 aromatic heterocycles. The van der Waals surface area contributed by atoms with Gasteiger partial charge in [0.2, 0.25) is 5.89 Å². The van der Waals surface area contributed by atoms with E-state index in [1.165, 1.54) is 7.11 Å². The van der Waals surface area contributed by atoms with Gasteiger partial charge in [0, 0.05) is 17.7 Å². The molecule has 6 heteroatoms. The summed E-state index contributed by atoms with van der Waals surface area (Å²) < 4.78 is 15.3. The highest BCUT2D eigenvalue weighted by Crippen LogP contribution is 2.23. The molecular weight excluding hydrogens is 270 g/mol. The number of ether oxygens (including phenoxy) is 2. The summed E-state index contributed by atoms with van der Waals surface area (Å²) in [6.07, 6.45) is 0.609. The number of carbonyl (C=O) groups is 1. The SMILES string of the molecule is COCOCc1nc(-c2ccc(Cl)cc2)oc1C=O. The minimum atomic E-state index is 0.126. The van der Waals surface area contributed by atoms with Crippen molar-refractivity contribution in [2.24, 2.45) is 0 Å². The number of carbonyl (C=O) groups excluding carboxylic acids is 1. The largest absolute Gasteiger partial charge is 0.433 e. The second kappa shape index (κ2) is 6.47. The molecule has 0 aliphatic rings. The fraction of sp³-hybridized carbons (Fsp3) is 0.231. The quantitative estimate of drug-likeness (QED) is 0.463. The summed E-state index contributed by atoms with van der Waals surface area (Å²) in [6.45, 7) is 0.278. The van der Waals surface area contributed by atoms with E-state index in [1.807, 2.05) is 0 Å². The first-order chi connectivity index (χ1) is 9.24. The second-order valence-corrected chi connectivity index (χ2v) is 4.15. The summed E-state index contributed by atoms with van der Waals surface area (Å²) in [7, 11) is 1.52. The molecule has 0 atom stereocenters. The van der Waals surface area contributed by atoms with Crippen LogP contribution in [0.25, 0.3) is 11.5 Å². The number of benzene rings is 1. The van der Waals surface area contributed by atoms with Gasteiger partial charge in [0.05, 0.1) is 6.61 Å². The van der Waals surface area contributed by atoms with Crippen LogP contribution in [0, 0.1) is 0 Å². The Bertz CT molecular complexity index is 550. The normalized spacial score (nSPS) is 10.6. The summed E-state index contributed by atoms with van der Waals surface area (Å²) in [4.78, 5) is 15.1. The molecule has 1 heterocycles. The van der Waals surface area contributed by atoms with Crippen molar-refractivity contribution in [2.45, 2.75) is 6.61 Å². The Kier molecular flexibility index (Phi) is 4.68. The van der Waals surface area contributed by atoms with Crippen LogP contribution < -0.4 is 0 Å². The average molecular weight is 282 g/mol. The lowest BCUT2D eigenvalue weighted by Crippen LogP contribution is -1.99. The summed E-state index contributed by atoms with van der Waals surface area (Å²) in [5, 5.41) is 0.620.